The molecule has 2 aromatic heterocycles. The van der Waals surface area contributed by atoms with E-state index < -0.39 is 5.97 Å². The largest absolute Gasteiger partial charge is 0.478 e. The van der Waals surface area contributed by atoms with Crippen molar-refractivity contribution < 1.29 is 9.90 Å². The third kappa shape index (κ3) is 3.86. The van der Waals surface area contributed by atoms with Crippen molar-refractivity contribution in [1.29, 1.82) is 0 Å². The van der Waals surface area contributed by atoms with Gasteiger partial charge in [0.15, 0.2) is 0 Å². The fourth-order valence-corrected chi connectivity index (χ4v) is 1.90. The van der Waals surface area contributed by atoms with Crippen LogP contribution in [0, 0.1) is 0 Å². The zero-order valence-electron chi connectivity index (χ0n) is 11.4. The second-order valence-electron chi connectivity index (χ2n) is 4.50. The van der Waals surface area contributed by atoms with Gasteiger partial charge >= 0.3 is 5.97 Å². The zero-order valence-corrected chi connectivity index (χ0v) is 11.4. The number of aromatic carboxylic acids is 1. The molecule has 1 N–H and O–H groups in total. The molecule has 0 bridgehead atoms. The maximum absolute atomic E-state index is 10.8. The van der Waals surface area contributed by atoms with Crippen LogP contribution in [0.15, 0.2) is 42.9 Å². The summed E-state index contributed by atoms with van der Waals surface area (Å²) < 4.78 is 0. The van der Waals surface area contributed by atoms with Gasteiger partial charge in [-0.25, -0.2) is 4.79 Å². The number of carbonyl (C=O) groups is 1. The number of hydrogen-bond acceptors (Lipinski definition) is 4. The van der Waals surface area contributed by atoms with Crippen LogP contribution >= 0.6 is 0 Å². The van der Waals surface area contributed by atoms with Gasteiger partial charge in [0.05, 0.1) is 11.3 Å². The minimum atomic E-state index is -0.951. The number of hydrogen-bond donors (Lipinski definition) is 1. The summed E-state index contributed by atoms with van der Waals surface area (Å²) in [5, 5.41) is 8.84. The van der Waals surface area contributed by atoms with Gasteiger partial charge < -0.3 is 5.11 Å². The highest BCUT2D eigenvalue weighted by Crippen LogP contribution is 2.08. The number of nitrogens with zero attached hydrogens (tertiary/aromatic N) is 3. The Morgan fingerprint density at radius 3 is 2.50 bits per heavy atom. The summed E-state index contributed by atoms with van der Waals surface area (Å²) in [5.74, 6) is -0.951. The van der Waals surface area contributed by atoms with E-state index in [9.17, 15) is 4.79 Å². The molecule has 0 radical (unpaired) electrons. The van der Waals surface area contributed by atoms with Crippen molar-refractivity contribution in [3.05, 3.63) is 59.7 Å². The predicted molar refractivity (Wildman–Crippen MR) is 75.2 cm³/mol. The Kier molecular flexibility index (Phi) is 4.79. The summed E-state index contributed by atoms with van der Waals surface area (Å²) in [5.41, 5.74) is 2.28. The van der Waals surface area contributed by atoms with Crippen LogP contribution < -0.4 is 0 Å². The van der Waals surface area contributed by atoms with E-state index in [0.29, 0.717) is 6.54 Å². The Labute approximate surface area is 117 Å². The van der Waals surface area contributed by atoms with Crippen molar-refractivity contribution in [1.82, 2.24) is 14.9 Å². The minimum Gasteiger partial charge on any atom is -0.478 e. The Morgan fingerprint density at radius 2 is 1.95 bits per heavy atom. The molecule has 20 heavy (non-hydrogen) atoms. The molecule has 2 heterocycles. The van der Waals surface area contributed by atoms with E-state index >= 15 is 0 Å². The molecule has 5 nitrogen and oxygen atoms in total. The first-order valence-corrected chi connectivity index (χ1v) is 6.48. The third-order valence-corrected chi connectivity index (χ3v) is 3.06. The van der Waals surface area contributed by atoms with Gasteiger partial charge in [-0.1, -0.05) is 6.92 Å². The van der Waals surface area contributed by atoms with Crippen LogP contribution in [0.2, 0.25) is 0 Å². The predicted octanol–water partition coefficient (Wildman–Crippen LogP) is 2.20. The average Bonchev–Trinajstić information content (AvgIpc) is 2.48. The van der Waals surface area contributed by atoms with Crippen LogP contribution in [-0.2, 0) is 13.1 Å². The Hall–Kier alpha value is -2.27. The maximum atomic E-state index is 10.8. The van der Waals surface area contributed by atoms with Crippen LogP contribution in [0.25, 0.3) is 0 Å². The van der Waals surface area contributed by atoms with Gasteiger partial charge in [-0.05, 0) is 36.4 Å². The number of rotatable bonds is 6. The lowest BCUT2D eigenvalue weighted by Gasteiger charge is -2.19. The second kappa shape index (κ2) is 6.77. The lowest BCUT2D eigenvalue weighted by molar-refractivity contribution is 0.0696. The van der Waals surface area contributed by atoms with Gasteiger partial charge in [-0.15, -0.1) is 0 Å². The molecule has 0 saturated heterocycles. The van der Waals surface area contributed by atoms with Gasteiger partial charge in [0.2, 0.25) is 0 Å². The van der Waals surface area contributed by atoms with E-state index in [0.717, 1.165) is 18.8 Å². The fraction of sp³-hybridized carbons (Fsp3) is 0.267. The molecule has 2 aromatic rings. The molecular weight excluding hydrogens is 254 g/mol. The molecule has 0 amide bonds. The van der Waals surface area contributed by atoms with Gasteiger partial charge in [-0.2, -0.15) is 0 Å². The number of pyridine rings is 2. The SMILES string of the molecule is CCN(Cc1ccncc1)Cc1ccc(C(=O)O)cn1. The minimum absolute atomic E-state index is 0.214. The molecule has 0 aromatic carbocycles. The molecule has 0 fully saturated rings. The first kappa shape index (κ1) is 14.1. The quantitative estimate of drug-likeness (QED) is 0.872. The van der Waals surface area contributed by atoms with Crippen LogP contribution in [0.4, 0.5) is 0 Å². The van der Waals surface area contributed by atoms with Crippen molar-refractivity contribution in [3.63, 3.8) is 0 Å². The van der Waals surface area contributed by atoms with Gasteiger partial charge in [-0.3, -0.25) is 14.9 Å². The monoisotopic (exact) mass is 271 g/mol. The highest BCUT2D eigenvalue weighted by Gasteiger charge is 2.07. The summed E-state index contributed by atoms with van der Waals surface area (Å²) in [7, 11) is 0. The molecule has 0 spiro atoms. The Bertz CT molecular complexity index is 555. The van der Waals surface area contributed by atoms with Gasteiger partial charge in [0.1, 0.15) is 0 Å². The zero-order chi connectivity index (χ0) is 14.4. The van der Waals surface area contributed by atoms with Crippen LogP contribution in [0.5, 0.6) is 0 Å². The topological polar surface area (TPSA) is 66.3 Å². The Balaban J connectivity index is 2.01. The van der Waals surface area contributed by atoms with Crippen molar-refractivity contribution >= 4 is 5.97 Å². The van der Waals surface area contributed by atoms with Crippen molar-refractivity contribution in [2.75, 3.05) is 6.54 Å². The number of aromatic nitrogens is 2. The van der Waals surface area contributed by atoms with Crippen molar-refractivity contribution in [2.24, 2.45) is 0 Å². The molecule has 104 valence electrons. The Morgan fingerprint density at radius 1 is 1.20 bits per heavy atom. The molecule has 5 heteroatoms. The summed E-state index contributed by atoms with van der Waals surface area (Å²) >= 11 is 0. The van der Waals surface area contributed by atoms with Crippen LogP contribution in [0.1, 0.15) is 28.5 Å². The average molecular weight is 271 g/mol. The second-order valence-corrected chi connectivity index (χ2v) is 4.50. The molecule has 0 aliphatic heterocycles. The van der Waals surface area contributed by atoms with Crippen LogP contribution in [0.3, 0.4) is 0 Å². The molecule has 0 atom stereocenters. The van der Waals surface area contributed by atoms with Crippen molar-refractivity contribution in [3.8, 4) is 0 Å². The van der Waals surface area contributed by atoms with E-state index in [-0.39, 0.29) is 5.56 Å². The van der Waals surface area contributed by atoms with E-state index in [4.69, 9.17) is 5.11 Å². The molecular formula is C15H17N3O2. The lowest BCUT2D eigenvalue weighted by atomic mass is 10.2. The number of carboxylic acid groups (broad SMARTS) is 1. The summed E-state index contributed by atoms with van der Waals surface area (Å²) in [6.07, 6.45) is 4.96. The van der Waals surface area contributed by atoms with Crippen molar-refractivity contribution in [2.45, 2.75) is 20.0 Å². The van der Waals surface area contributed by atoms with Gasteiger partial charge in [0.25, 0.3) is 0 Å². The smallest absolute Gasteiger partial charge is 0.337 e. The normalized spacial score (nSPS) is 10.7. The standard InChI is InChI=1S/C15H17N3O2/c1-2-18(10-12-5-7-16-8-6-12)11-14-4-3-13(9-17-14)15(19)20/h3-9H,2,10-11H2,1H3,(H,19,20). The van der Waals surface area contributed by atoms with E-state index in [1.54, 1.807) is 24.5 Å². The third-order valence-electron chi connectivity index (χ3n) is 3.06. The molecule has 0 aliphatic rings. The summed E-state index contributed by atoms with van der Waals surface area (Å²) in [6.45, 7) is 4.50. The highest BCUT2D eigenvalue weighted by molar-refractivity contribution is 5.87. The fourth-order valence-electron chi connectivity index (χ4n) is 1.90. The number of carboxylic acids is 1. The first-order valence-electron chi connectivity index (χ1n) is 6.48. The maximum Gasteiger partial charge on any atom is 0.337 e. The summed E-state index contributed by atoms with van der Waals surface area (Å²) in [6, 6.07) is 7.33. The molecule has 0 saturated carbocycles. The van der Waals surface area contributed by atoms with E-state index in [2.05, 4.69) is 21.8 Å². The molecule has 2 rings (SSSR count). The van der Waals surface area contributed by atoms with Crippen LogP contribution in [-0.4, -0.2) is 32.5 Å². The molecule has 0 aliphatic carbocycles. The lowest BCUT2D eigenvalue weighted by Crippen LogP contribution is -2.22. The summed E-state index contributed by atoms with van der Waals surface area (Å²) in [4.78, 5) is 21.2. The molecule has 0 unspecified atom stereocenters. The van der Waals surface area contributed by atoms with E-state index in [1.807, 2.05) is 12.1 Å². The van der Waals surface area contributed by atoms with E-state index in [1.165, 1.54) is 11.8 Å². The van der Waals surface area contributed by atoms with Gasteiger partial charge in [0, 0.05) is 31.7 Å². The highest BCUT2D eigenvalue weighted by atomic mass is 16.4. The first-order chi connectivity index (χ1) is 9.69.